The maximum Gasteiger partial charge on any atom is -0.147 e. The van der Waals surface area contributed by atoms with E-state index in [0.29, 0.717) is 0 Å². The molecule has 0 radical (unpaired) electrons. The SMILES string of the molecule is CC(C)(C)C1=N[C]([Zr][C]2(C(C)(C)C)C=CC(C(C)(C)C)=N2)(C(C)(C)C)C=C1.Cl.Cl. The topological polar surface area (TPSA) is 24.7 Å². The Balaban J connectivity index is 0.00000392. The summed E-state index contributed by atoms with van der Waals surface area (Å²) in [7, 11) is 0. The van der Waals surface area contributed by atoms with Gasteiger partial charge in [-0.3, -0.25) is 0 Å². The van der Waals surface area contributed by atoms with Gasteiger partial charge in [-0.15, -0.1) is 24.8 Å². The molecule has 0 amide bonds. The molecule has 5 heteroatoms. The van der Waals surface area contributed by atoms with Crippen LogP contribution in [0.4, 0.5) is 0 Å². The largest absolute Gasteiger partial charge is 0.147 e. The first kappa shape index (κ1) is 29.3. The van der Waals surface area contributed by atoms with E-state index in [2.05, 4.69) is 107 Å². The number of allylic oxidation sites excluding steroid dienone is 2. The van der Waals surface area contributed by atoms with Crippen molar-refractivity contribution in [3.8, 4) is 0 Å². The first-order chi connectivity index (χ1) is 11.8. The molecular formula is C24H42Cl2N2Zr. The summed E-state index contributed by atoms with van der Waals surface area (Å²) in [5, 5.41) is 0. The molecule has 2 aliphatic heterocycles. The molecule has 2 nitrogen and oxygen atoms in total. The van der Waals surface area contributed by atoms with Crippen LogP contribution in [0.1, 0.15) is 83.1 Å². The van der Waals surface area contributed by atoms with Gasteiger partial charge < -0.3 is 0 Å². The number of aliphatic imine (C=N–C) groups is 2. The molecule has 0 saturated carbocycles. The van der Waals surface area contributed by atoms with Crippen LogP contribution in [-0.2, 0) is 23.2 Å². The molecule has 0 spiro atoms. The van der Waals surface area contributed by atoms with Crippen LogP contribution in [0.5, 0.6) is 0 Å². The first-order valence-electron chi connectivity index (χ1n) is 10.2. The van der Waals surface area contributed by atoms with Crippen molar-refractivity contribution in [1.29, 1.82) is 0 Å². The minimum atomic E-state index is -1.16. The van der Waals surface area contributed by atoms with E-state index in [0.717, 1.165) is 0 Å². The molecule has 2 heterocycles. The normalized spacial score (nSPS) is 27.2. The van der Waals surface area contributed by atoms with Gasteiger partial charge in [0.25, 0.3) is 0 Å². The van der Waals surface area contributed by atoms with Crippen LogP contribution in [0, 0.1) is 21.7 Å². The molecule has 2 unspecified atom stereocenters. The number of halogens is 2. The average molecular weight is 521 g/mol. The molecule has 0 aromatic heterocycles. The van der Waals surface area contributed by atoms with E-state index in [4.69, 9.17) is 9.98 Å². The third-order valence-corrected chi connectivity index (χ3v) is 12.7. The molecule has 29 heavy (non-hydrogen) atoms. The second kappa shape index (κ2) is 8.67. The van der Waals surface area contributed by atoms with Gasteiger partial charge in [0.1, 0.15) is 0 Å². The van der Waals surface area contributed by atoms with Crippen molar-refractivity contribution in [1.82, 2.24) is 0 Å². The third kappa shape index (κ3) is 5.75. The zero-order valence-corrected chi connectivity index (χ0v) is 24.6. The van der Waals surface area contributed by atoms with E-state index < -0.39 is 23.2 Å². The monoisotopic (exact) mass is 518 g/mol. The summed E-state index contributed by atoms with van der Waals surface area (Å²) in [5.74, 6) is 0. The van der Waals surface area contributed by atoms with Gasteiger partial charge in [0.15, 0.2) is 0 Å². The van der Waals surface area contributed by atoms with Crippen LogP contribution >= 0.6 is 24.8 Å². The molecule has 166 valence electrons. The average Bonchev–Trinajstić information content (AvgIpc) is 3.02. The maximum absolute atomic E-state index is 5.45. The molecule has 0 aromatic carbocycles. The third-order valence-electron chi connectivity index (χ3n) is 5.76. The fourth-order valence-corrected chi connectivity index (χ4v) is 8.36. The molecule has 0 N–H and O–H groups in total. The molecule has 2 rings (SSSR count). The Morgan fingerprint density at radius 2 is 0.862 bits per heavy atom. The second-order valence-corrected chi connectivity index (χ2v) is 16.7. The summed E-state index contributed by atoms with van der Waals surface area (Å²) in [6.45, 7) is 27.8. The van der Waals surface area contributed by atoms with Crippen LogP contribution in [-0.4, -0.2) is 17.9 Å². The Kier molecular flexibility index (Phi) is 8.75. The van der Waals surface area contributed by atoms with E-state index in [9.17, 15) is 0 Å². The van der Waals surface area contributed by atoms with Crippen molar-refractivity contribution in [2.75, 3.05) is 0 Å². The number of rotatable bonds is 2. The van der Waals surface area contributed by atoms with Crippen LogP contribution in [0.15, 0.2) is 34.3 Å². The summed E-state index contributed by atoms with van der Waals surface area (Å²) < 4.78 is -0.152. The number of hydrogen-bond donors (Lipinski definition) is 0. The van der Waals surface area contributed by atoms with Crippen molar-refractivity contribution < 1.29 is 23.2 Å². The Bertz CT molecular complexity index is 660. The van der Waals surface area contributed by atoms with Crippen molar-refractivity contribution in [2.24, 2.45) is 31.6 Å². The predicted octanol–water partition coefficient (Wildman–Crippen LogP) is 7.51. The van der Waals surface area contributed by atoms with Gasteiger partial charge in [0.2, 0.25) is 0 Å². The van der Waals surface area contributed by atoms with E-state index in [1.165, 1.54) is 11.4 Å². The minimum absolute atomic E-state index is 0. The summed E-state index contributed by atoms with van der Waals surface area (Å²) in [6.07, 6.45) is 9.47. The molecule has 0 fully saturated rings. The van der Waals surface area contributed by atoms with Gasteiger partial charge in [0.05, 0.1) is 0 Å². The predicted molar refractivity (Wildman–Crippen MR) is 131 cm³/mol. The van der Waals surface area contributed by atoms with Crippen LogP contribution in [0.2, 0.25) is 0 Å². The van der Waals surface area contributed by atoms with Crippen molar-refractivity contribution >= 4 is 36.2 Å². The molecule has 0 aromatic rings. The van der Waals surface area contributed by atoms with E-state index in [1.807, 2.05) is 0 Å². The number of hydrogen-bond acceptors (Lipinski definition) is 2. The minimum Gasteiger partial charge on any atom is -0.147 e. The zero-order chi connectivity index (χ0) is 21.1. The Morgan fingerprint density at radius 1 is 0.586 bits per heavy atom. The van der Waals surface area contributed by atoms with Crippen molar-refractivity contribution in [2.45, 2.75) is 89.6 Å². The molecule has 0 bridgehead atoms. The number of nitrogens with zero attached hydrogens (tertiary/aromatic N) is 2. The molecule has 2 aliphatic rings. The maximum atomic E-state index is 5.45. The standard InChI is InChI=1S/2C12H20N.2ClH.Zr/c2*1-11(2,3)9-7-8-10(13-9)12(4,5)6;;;/h2*7-8H,1-6H3;2*1H;. The van der Waals surface area contributed by atoms with Crippen LogP contribution in [0.3, 0.4) is 0 Å². The van der Waals surface area contributed by atoms with Crippen LogP contribution in [0.25, 0.3) is 0 Å². The van der Waals surface area contributed by atoms with Crippen molar-refractivity contribution in [3.63, 3.8) is 0 Å². The van der Waals surface area contributed by atoms with Gasteiger partial charge in [-0.05, 0) is 0 Å². The fourth-order valence-electron chi connectivity index (χ4n) is 3.40. The molecular weight excluding hydrogens is 478 g/mol. The summed E-state index contributed by atoms with van der Waals surface area (Å²) in [5.41, 5.74) is 2.84. The van der Waals surface area contributed by atoms with Crippen LogP contribution < -0.4 is 0 Å². The van der Waals surface area contributed by atoms with E-state index in [1.54, 1.807) is 0 Å². The smallest absolute Gasteiger partial charge is 0.147 e. The van der Waals surface area contributed by atoms with Gasteiger partial charge in [-0.1, -0.05) is 0 Å². The zero-order valence-electron chi connectivity index (χ0n) is 20.5. The molecule has 2 atom stereocenters. The molecule has 0 aliphatic carbocycles. The quantitative estimate of drug-likeness (QED) is 0.360. The summed E-state index contributed by atoms with van der Waals surface area (Å²) >= 11 is -1.16. The van der Waals surface area contributed by atoms with E-state index in [-0.39, 0.29) is 53.0 Å². The summed E-state index contributed by atoms with van der Waals surface area (Å²) in [4.78, 5) is 10.9. The van der Waals surface area contributed by atoms with Crippen molar-refractivity contribution in [3.05, 3.63) is 24.3 Å². The Hall–Kier alpha value is 0.283. The summed E-state index contributed by atoms with van der Waals surface area (Å²) in [6, 6.07) is 0. The Morgan fingerprint density at radius 3 is 1.03 bits per heavy atom. The fraction of sp³-hybridized carbons (Fsp3) is 0.750. The van der Waals surface area contributed by atoms with Gasteiger partial charge in [0, 0.05) is 0 Å². The first-order valence-corrected chi connectivity index (χ1v) is 12.7. The van der Waals surface area contributed by atoms with Gasteiger partial charge >= 0.3 is 180 Å². The Labute approximate surface area is 204 Å². The van der Waals surface area contributed by atoms with E-state index >= 15 is 0 Å². The second-order valence-electron chi connectivity index (χ2n) is 12.3. The van der Waals surface area contributed by atoms with Gasteiger partial charge in [-0.2, -0.15) is 0 Å². The molecule has 0 saturated heterocycles. The van der Waals surface area contributed by atoms with Gasteiger partial charge in [-0.25, -0.2) is 0 Å².